The topological polar surface area (TPSA) is 29.5 Å². The van der Waals surface area contributed by atoms with Gasteiger partial charge in [-0.1, -0.05) is 18.2 Å². The molecule has 9 heteroatoms. The number of alkyl halides is 3. The maximum atomic E-state index is 14.0. The first-order valence-electron chi connectivity index (χ1n) is 5.98. The van der Waals surface area contributed by atoms with Crippen LogP contribution >= 0.6 is 0 Å². The highest BCUT2D eigenvalue weighted by atomic mass is 19.4. The predicted molar refractivity (Wildman–Crippen MR) is 64.3 cm³/mol. The molecule has 0 amide bonds. The molecule has 1 N–H and O–H groups in total. The van der Waals surface area contributed by atoms with Gasteiger partial charge in [-0.05, 0) is 6.07 Å². The fourth-order valence-corrected chi connectivity index (χ4v) is 1.94. The largest absolute Gasteiger partial charge is 0.573 e. The summed E-state index contributed by atoms with van der Waals surface area (Å²) in [5.41, 5.74) is -3.46. The zero-order valence-electron chi connectivity index (χ0n) is 11.0. The lowest BCUT2D eigenvalue weighted by Gasteiger charge is -2.15. The van der Waals surface area contributed by atoms with E-state index in [9.17, 15) is 30.7 Å². The monoisotopic (exact) mass is 340 g/mol. The van der Waals surface area contributed by atoms with E-state index in [0.29, 0.717) is 0 Å². The molecule has 0 spiro atoms. The molecule has 0 aliphatic heterocycles. The molecule has 0 saturated heterocycles. The molecule has 0 heterocycles. The van der Waals surface area contributed by atoms with Crippen molar-refractivity contribution in [3.8, 4) is 16.9 Å². The lowest BCUT2D eigenvalue weighted by Crippen LogP contribution is -2.18. The van der Waals surface area contributed by atoms with E-state index in [-0.39, 0.29) is 0 Å². The van der Waals surface area contributed by atoms with Crippen LogP contribution in [-0.2, 0) is 6.61 Å². The fraction of sp³-hybridized carbons (Fsp3) is 0.143. The fourth-order valence-electron chi connectivity index (χ4n) is 1.94. The molecule has 0 bridgehead atoms. The maximum absolute atomic E-state index is 14.0. The van der Waals surface area contributed by atoms with Gasteiger partial charge in [-0.25, -0.2) is 17.6 Å². The Morgan fingerprint density at radius 2 is 1.39 bits per heavy atom. The van der Waals surface area contributed by atoms with E-state index < -0.39 is 58.7 Å². The number of hydrogen-bond acceptors (Lipinski definition) is 2. The van der Waals surface area contributed by atoms with Crippen molar-refractivity contribution >= 4 is 0 Å². The van der Waals surface area contributed by atoms with Crippen LogP contribution in [0.4, 0.5) is 30.7 Å². The summed E-state index contributed by atoms with van der Waals surface area (Å²) in [6.45, 7) is -1.33. The molecular formula is C14H7F7O2. The van der Waals surface area contributed by atoms with Crippen LogP contribution in [0, 0.1) is 23.3 Å². The van der Waals surface area contributed by atoms with Crippen LogP contribution in [0.5, 0.6) is 5.75 Å². The van der Waals surface area contributed by atoms with E-state index in [1.54, 1.807) is 0 Å². The summed E-state index contributed by atoms with van der Waals surface area (Å²) in [5.74, 6) is -8.71. The standard InChI is InChI=1S/C14H7F7O2/c15-10-7(5-22)11(16)13(18)9(12(10)17)6-3-1-2-4-8(6)23-14(19,20)21/h1-4,22H,5H2. The second-order valence-corrected chi connectivity index (χ2v) is 4.31. The molecule has 2 rings (SSSR count). The van der Waals surface area contributed by atoms with Gasteiger partial charge in [0.25, 0.3) is 0 Å². The second-order valence-electron chi connectivity index (χ2n) is 4.31. The van der Waals surface area contributed by atoms with Crippen LogP contribution < -0.4 is 4.74 Å². The Hall–Kier alpha value is -2.29. The van der Waals surface area contributed by atoms with E-state index >= 15 is 0 Å². The molecule has 0 radical (unpaired) electrons. The van der Waals surface area contributed by atoms with Crippen molar-refractivity contribution in [2.24, 2.45) is 0 Å². The van der Waals surface area contributed by atoms with Crippen LogP contribution in [0.1, 0.15) is 5.56 Å². The highest BCUT2D eigenvalue weighted by molar-refractivity contribution is 5.72. The Kier molecular flexibility index (Phi) is 4.51. The van der Waals surface area contributed by atoms with E-state index in [2.05, 4.69) is 4.74 Å². The molecule has 0 aromatic heterocycles. The maximum Gasteiger partial charge on any atom is 0.573 e. The molecule has 0 fully saturated rings. The van der Waals surface area contributed by atoms with Gasteiger partial charge in [-0.3, -0.25) is 0 Å². The lowest BCUT2D eigenvalue weighted by molar-refractivity contribution is -0.274. The SMILES string of the molecule is OCc1c(F)c(F)c(-c2ccccc2OC(F)(F)F)c(F)c1F. The van der Waals surface area contributed by atoms with Gasteiger partial charge < -0.3 is 9.84 Å². The third-order valence-electron chi connectivity index (χ3n) is 2.89. The summed E-state index contributed by atoms with van der Waals surface area (Å²) in [4.78, 5) is 0. The predicted octanol–water partition coefficient (Wildman–Crippen LogP) is 4.30. The van der Waals surface area contributed by atoms with Crippen molar-refractivity contribution in [1.82, 2.24) is 0 Å². The Bertz CT molecular complexity index is 712. The molecule has 2 aromatic carbocycles. The van der Waals surface area contributed by atoms with Crippen LogP contribution in [0.2, 0.25) is 0 Å². The number of aliphatic hydroxyl groups excluding tert-OH is 1. The minimum absolute atomic E-state index is 0.734. The average molecular weight is 340 g/mol. The first-order chi connectivity index (χ1) is 10.7. The molecule has 2 aromatic rings. The molecular weight excluding hydrogens is 333 g/mol. The van der Waals surface area contributed by atoms with Crippen LogP contribution in [-0.4, -0.2) is 11.5 Å². The van der Waals surface area contributed by atoms with Gasteiger partial charge in [0, 0.05) is 5.56 Å². The summed E-state index contributed by atoms with van der Waals surface area (Å²) in [6, 6.07) is 3.72. The van der Waals surface area contributed by atoms with E-state index in [4.69, 9.17) is 5.11 Å². The lowest BCUT2D eigenvalue weighted by atomic mass is 10.00. The second kappa shape index (κ2) is 6.07. The van der Waals surface area contributed by atoms with Crippen molar-refractivity contribution in [1.29, 1.82) is 0 Å². The van der Waals surface area contributed by atoms with Crippen LogP contribution in [0.15, 0.2) is 24.3 Å². The minimum atomic E-state index is -5.18. The van der Waals surface area contributed by atoms with Crippen molar-refractivity contribution in [2.75, 3.05) is 0 Å². The number of hydrogen-bond donors (Lipinski definition) is 1. The molecule has 0 unspecified atom stereocenters. The number of rotatable bonds is 3. The smallest absolute Gasteiger partial charge is 0.405 e. The van der Waals surface area contributed by atoms with Gasteiger partial charge in [0.1, 0.15) is 5.75 Å². The van der Waals surface area contributed by atoms with E-state index in [1.165, 1.54) is 0 Å². The third kappa shape index (κ3) is 3.24. The molecule has 2 nitrogen and oxygen atoms in total. The number of aliphatic hydroxyl groups is 1. The van der Waals surface area contributed by atoms with Gasteiger partial charge in [-0.15, -0.1) is 13.2 Å². The normalized spacial score (nSPS) is 11.7. The average Bonchev–Trinajstić information content (AvgIpc) is 2.46. The van der Waals surface area contributed by atoms with Crippen molar-refractivity contribution in [3.63, 3.8) is 0 Å². The molecule has 0 aliphatic rings. The molecule has 0 aliphatic carbocycles. The highest BCUT2D eigenvalue weighted by Crippen LogP contribution is 2.38. The number of ether oxygens (including phenoxy) is 1. The zero-order chi connectivity index (χ0) is 17.4. The van der Waals surface area contributed by atoms with Crippen molar-refractivity contribution in [2.45, 2.75) is 13.0 Å². The van der Waals surface area contributed by atoms with Crippen LogP contribution in [0.3, 0.4) is 0 Å². The zero-order valence-corrected chi connectivity index (χ0v) is 11.0. The van der Waals surface area contributed by atoms with Crippen LogP contribution in [0.25, 0.3) is 11.1 Å². The van der Waals surface area contributed by atoms with E-state index in [0.717, 1.165) is 24.3 Å². The molecule has 0 atom stereocenters. The van der Waals surface area contributed by atoms with Crippen molar-refractivity contribution < 1.29 is 40.6 Å². The Morgan fingerprint density at radius 1 is 0.870 bits per heavy atom. The van der Waals surface area contributed by atoms with E-state index in [1.807, 2.05) is 0 Å². The summed E-state index contributed by atoms with van der Waals surface area (Å²) < 4.78 is 95.8. The Labute approximate surface area is 124 Å². The first kappa shape index (κ1) is 17.1. The summed E-state index contributed by atoms with van der Waals surface area (Å²) in [6.07, 6.45) is -5.18. The van der Waals surface area contributed by atoms with Gasteiger partial charge in [0.15, 0.2) is 23.3 Å². The van der Waals surface area contributed by atoms with Gasteiger partial charge in [0.05, 0.1) is 17.7 Å². The quantitative estimate of drug-likeness (QED) is 0.667. The summed E-state index contributed by atoms with van der Waals surface area (Å²) in [5, 5.41) is 8.73. The molecule has 124 valence electrons. The Balaban J connectivity index is 2.74. The van der Waals surface area contributed by atoms with Gasteiger partial charge in [0.2, 0.25) is 0 Å². The molecule has 0 saturated carbocycles. The highest BCUT2D eigenvalue weighted by Gasteiger charge is 2.34. The number of benzene rings is 2. The summed E-state index contributed by atoms with van der Waals surface area (Å²) >= 11 is 0. The number of halogens is 7. The molecule has 23 heavy (non-hydrogen) atoms. The first-order valence-corrected chi connectivity index (χ1v) is 5.98. The Morgan fingerprint density at radius 3 is 1.87 bits per heavy atom. The van der Waals surface area contributed by atoms with Crippen molar-refractivity contribution in [3.05, 3.63) is 53.1 Å². The minimum Gasteiger partial charge on any atom is -0.405 e. The number of para-hydroxylation sites is 1. The summed E-state index contributed by atoms with van der Waals surface area (Å²) in [7, 11) is 0. The van der Waals surface area contributed by atoms with Gasteiger partial charge in [-0.2, -0.15) is 0 Å². The third-order valence-corrected chi connectivity index (χ3v) is 2.89. The van der Waals surface area contributed by atoms with Gasteiger partial charge >= 0.3 is 6.36 Å².